The molecule has 0 aromatic carbocycles. The highest BCUT2D eigenvalue weighted by atomic mass is 16.6. The lowest BCUT2D eigenvalue weighted by atomic mass is 10.2. The lowest BCUT2D eigenvalue weighted by molar-refractivity contribution is -0.151. The van der Waals surface area contributed by atoms with Gasteiger partial charge in [0.05, 0.1) is 18.5 Å². The SMILES string of the molecule is CCCC(Oc1ccc(CN)nc1)C(=O)OCC. The first-order chi connectivity index (χ1) is 8.71. The summed E-state index contributed by atoms with van der Waals surface area (Å²) in [5.41, 5.74) is 6.24. The zero-order chi connectivity index (χ0) is 13.4. The molecule has 0 radical (unpaired) electrons. The van der Waals surface area contributed by atoms with Crippen molar-refractivity contribution in [1.82, 2.24) is 4.98 Å². The number of pyridine rings is 1. The lowest BCUT2D eigenvalue weighted by Gasteiger charge is -2.16. The number of carbonyl (C=O) groups is 1. The zero-order valence-corrected chi connectivity index (χ0v) is 10.9. The summed E-state index contributed by atoms with van der Waals surface area (Å²) >= 11 is 0. The molecular formula is C13H20N2O3. The second kappa shape index (κ2) is 7.66. The lowest BCUT2D eigenvalue weighted by Crippen LogP contribution is -2.29. The van der Waals surface area contributed by atoms with Gasteiger partial charge in [-0.2, -0.15) is 0 Å². The van der Waals surface area contributed by atoms with Crippen LogP contribution in [0, 0.1) is 0 Å². The highest BCUT2D eigenvalue weighted by Crippen LogP contribution is 2.14. The van der Waals surface area contributed by atoms with Crippen LogP contribution in [0.2, 0.25) is 0 Å². The van der Waals surface area contributed by atoms with Crippen LogP contribution in [0.5, 0.6) is 5.75 Å². The molecule has 2 N–H and O–H groups in total. The van der Waals surface area contributed by atoms with Crippen LogP contribution in [-0.4, -0.2) is 23.7 Å². The van der Waals surface area contributed by atoms with Gasteiger partial charge in [0.2, 0.25) is 0 Å². The van der Waals surface area contributed by atoms with Gasteiger partial charge in [-0.1, -0.05) is 13.3 Å². The maximum Gasteiger partial charge on any atom is 0.347 e. The van der Waals surface area contributed by atoms with Crippen molar-refractivity contribution in [3.8, 4) is 5.75 Å². The minimum Gasteiger partial charge on any atom is -0.477 e. The third-order valence-electron chi connectivity index (χ3n) is 2.39. The average molecular weight is 252 g/mol. The van der Waals surface area contributed by atoms with Gasteiger partial charge in [0.1, 0.15) is 5.75 Å². The van der Waals surface area contributed by atoms with E-state index in [1.54, 1.807) is 25.3 Å². The first kappa shape index (κ1) is 14.4. The normalized spacial score (nSPS) is 11.9. The van der Waals surface area contributed by atoms with Crippen LogP contribution in [0.1, 0.15) is 32.4 Å². The number of esters is 1. The summed E-state index contributed by atoms with van der Waals surface area (Å²) in [5, 5.41) is 0. The molecule has 0 spiro atoms. The number of hydrogen-bond acceptors (Lipinski definition) is 5. The largest absolute Gasteiger partial charge is 0.477 e. The molecule has 1 aromatic heterocycles. The van der Waals surface area contributed by atoms with Crippen LogP contribution in [0.3, 0.4) is 0 Å². The van der Waals surface area contributed by atoms with Crippen molar-refractivity contribution in [1.29, 1.82) is 0 Å². The summed E-state index contributed by atoms with van der Waals surface area (Å²) in [7, 11) is 0. The highest BCUT2D eigenvalue weighted by Gasteiger charge is 2.20. The maximum absolute atomic E-state index is 11.7. The quantitative estimate of drug-likeness (QED) is 0.747. The summed E-state index contributed by atoms with van der Waals surface area (Å²) in [6.45, 7) is 4.51. The number of hydrogen-bond donors (Lipinski definition) is 1. The molecule has 0 aliphatic rings. The van der Waals surface area contributed by atoms with Gasteiger partial charge in [-0.05, 0) is 25.5 Å². The Hall–Kier alpha value is -1.62. The van der Waals surface area contributed by atoms with Crippen molar-refractivity contribution in [2.75, 3.05) is 6.61 Å². The molecule has 100 valence electrons. The predicted molar refractivity (Wildman–Crippen MR) is 68.1 cm³/mol. The van der Waals surface area contributed by atoms with Crippen LogP contribution < -0.4 is 10.5 Å². The second-order valence-electron chi connectivity index (χ2n) is 3.84. The smallest absolute Gasteiger partial charge is 0.347 e. The second-order valence-corrected chi connectivity index (χ2v) is 3.84. The molecule has 1 rings (SSSR count). The number of carbonyl (C=O) groups excluding carboxylic acids is 1. The Bertz CT molecular complexity index is 365. The average Bonchev–Trinajstić information content (AvgIpc) is 2.39. The summed E-state index contributed by atoms with van der Waals surface area (Å²) in [5.74, 6) is 0.223. The van der Waals surface area contributed by atoms with Crippen molar-refractivity contribution in [2.45, 2.75) is 39.3 Å². The molecule has 18 heavy (non-hydrogen) atoms. The van der Waals surface area contributed by atoms with Gasteiger partial charge in [0.25, 0.3) is 0 Å². The van der Waals surface area contributed by atoms with E-state index in [9.17, 15) is 4.79 Å². The van der Waals surface area contributed by atoms with Gasteiger partial charge in [-0.3, -0.25) is 4.98 Å². The van der Waals surface area contributed by atoms with Gasteiger partial charge >= 0.3 is 5.97 Å². The predicted octanol–water partition coefficient (Wildman–Crippen LogP) is 1.65. The molecule has 1 unspecified atom stereocenters. The summed E-state index contributed by atoms with van der Waals surface area (Å²) < 4.78 is 10.6. The molecular weight excluding hydrogens is 232 g/mol. The molecule has 5 heteroatoms. The van der Waals surface area contributed by atoms with E-state index in [1.807, 2.05) is 6.92 Å². The van der Waals surface area contributed by atoms with E-state index in [1.165, 1.54) is 0 Å². The van der Waals surface area contributed by atoms with E-state index in [0.29, 0.717) is 25.3 Å². The van der Waals surface area contributed by atoms with Crippen molar-refractivity contribution >= 4 is 5.97 Å². The molecule has 0 bridgehead atoms. The highest BCUT2D eigenvalue weighted by molar-refractivity contribution is 5.75. The van der Waals surface area contributed by atoms with Crippen LogP contribution >= 0.6 is 0 Å². The number of nitrogens with two attached hydrogens (primary N) is 1. The van der Waals surface area contributed by atoms with Gasteiger partial charge < -0.3 is 15.2 Å². The summed E-state index contributed by atoms with van der Waals surface area (Å²) in [4.78, 5) is 15.8. The van der Waals surface area contributed by atoms with Gasteiger partial charge in [0, 0.05) is 6.54 Å². The van der Waals surface area contributed by atoms with Crippen LogP contribution in [-0.2, 0) is 16.1 Å². The van der Waals surface area contributed by atoms with Crippen LogP contribution in [0.15, 0.2) is 18.3 Å². The fourth-order valence-corrected chi connectivity index (χ4v) is 1.49. The molecule has 1 heterocycles. The molecule has 0 aliphatic carbocycles. The molecule has 1 atom stereocenters. The number of ether oxygens (including phenoxy) is 2. The Labute approximate surface area is 107 Å². The van der Waals surface area contributed by atoms with Crippen molar-refractivity contribution in [2.24, 2.45) is 5.73 Å². The molecule has 0 saturated carbocycles. The maximum atomic E-state index is 11.7. The third-order valence-corrected chi connectivity index (χ3v) is 2.39. The Kier molecular flexibility index (Phi) is 6.14. The summed E-state index contributed by atoms with van der Waals surface area (Å²) in [6.07, 6.45) is 2.47. The fraction of sp³-hybridized carbons (Fsp3) is 0.538. The minimum absolute atomic E-state index is 0.331. The number of aromatic nitrogens is 1. The topological polar surface area (TPSA) is 74.4 Å². The van der Waals surface area contributed by atoms with Crippen molar-refractivity contribution in [3.63, 3.8) is 0 Å². The Morgan fingerprint density at radius 2 is 2.22 bits per heavy atom. The molecule has 0 amide bonds. The molecule has 0 fully saturated rings. The van der Waals surface area contributed by atoms with E-state index in [-0.39, 0.29) is 5.97 Å². The Balaban J connectivity index is 2.66. The third kappa shape index (κ3) is 4.33. The number of nitrogens with zero attached hydrogens (tertiary/aromatic N) is 1. The van der Waals surface area contributed by atoms with Gasteiger partial charge in [-0.25, -0.2) is 4.79 Å². The molecule has 1 aromatic rings. The molecule has 0 aliphatic heterocycles. The van der Waals surface area contributed by atoms with Gasteiger partial charge in [0.15, 0.2) is 6.10 Å². The van der Waals surface area contributed by atoms with Gasteiger partial charge in [-0.15, -0.1) is 0 Å². The standard InChI is InChI=1S/C13H20N2O3/c1-3-5-12(13(16)17-4-2)18-11-7-6-10(8-14)15-9-11/h6-7,9,12H,3-5,8,14H2,1-2H3. The molecule has 5 nitrogen and oxygen atoms in total. The van der Waals surface area contributed by atoms with E-state index in [2.05, 4.69) is 4.98 Å². The van der Waals surface area contributed by atoms with Crippen molar-refractivity contribution < 1.29 is 14.3 Å². The zero-order valence-electron chi connectivity index (χ0n) is 10.9. The van der Waals surface area contributed by atoms with E-state index >= 15 is 0 Å². The Morgan fingerprint density at radius 1 is 1.44 bits per heavy atom. The van der Waals surface area contributed by atoms with Crippen molar-refractivity contribution in [3.05, 3.63) is 24.0 Å². The summed E-state index contributed by atoms with van der Waals surface area (Å²) in [6, 6.07) is 3.54. The number of rotatable bonds is 7. The van der Waals surface area contributed by atoms with E-state index in [0.717, 1.165) is 12.1 Å². The Morgan fingerprint density at radius 3 is 2.72 bits per heavy atom. The fourth-order valence-electron chi connectivity index (χ4n) is 1.49. The van der Waals surface area contributed by atoms with E-state index < -0.39 is 6.10 Å². The van der Waals surface area contributed by atoms with E-state index in [4.69, 9.17) is 15.2 Å². The van der Waals surface area contributed by atoms with Crippen LogP contribution in [0.4, 0.5) is 0 Å². The minimum atomic E-state index is -0.569. The molecule has 0 saturated heterocycles. The first-order valence-corrected chi connectivity index (χ1v) is 6.19. The first-order valence-electron chi connectivity index (χ1n) is 6.19. The monoisotopic (exact) mass is 252 g/mol. The van der Waals surface area contributed by atoms with Crippen LogP contribution in [0.25, 0.3) is 0 Å².